The fourth-order valence-corrected chi connectivity index (χ4v) is 2.00. The molecular weight excluding hydrogens is 232 g/mol. The molecule has 0 aliphatic heterocycles. The average Bonchev–Trinajstić information content (AvgIpc) is 2.32. The van der Waals surface area contributed by atoms with Gasteiger partial charge in [-0.2, -0.15) is 0 Å². The molecule has 0 fully saturated rings. The SMILES string of the molecule is CN(Cc1ccccc1Cl)c1ccccc1N. The van der Waals surface area contributed by atoms with Crippen molar-refractivity contribution in [3.63, 3.8) is 0 Å². The molecule has 2 nitrogen and oxygen atoms in total. The maximum absolute atomic E-state index is 6.14. The van der Waals surface area contributed by atoms with E-state index in [9.17, 15) is 0 Å². The standard InChI is InChI=1S/C14H15ClN2/c1-17(14-9-5-4-8-13(14)16)10-11-6-2-3-7-12(11)15/h2-9H,10,16H2,1H3. The van der Waals surface area contributed by atoms with E-state index in [0.29, 0.717) is 0 Å². The summed E-state index contributed by atoms with van der Waals surface area (Å²) < 4.78 is 0. The second-order valence-electron chi connectivity index (χ2n) is 4.01. The van der Waals surface area contributed by atoms with Gasteiger partial charge in [-0.25, -0.2) is 0 Å². The highest BCUT2D eigenvalue weighted by Crippen LogP contribution is 2.24. The summed E-state index contributed by atoms with van der Waals surface area (Å²) >= 11 is 6.14. The highest BCUT2D eigenvalue weighted by Gasteiger charge is 2.07. The van der Waals surface area contributed by atoms with Crippen molar-refractivity contribution in [1.29, 1.82) is 0 Å². The van der Waals surface area contributed by atoms with Crippen molar-refractivity contribution in [2.24, 2.45) is 0 Å². The summed E-state index contributed by atoms with van der Waals surface area (Å²) in [5, 5.41) is 0.786. The van der Waals surface area contributed by atoms with Crippen molar-refractivity contribution in [2.75, 3.05) is 17.7 Å². The van der Waals surface area contributed by atoms with Crippen LogP contribution in [0.2, 0.25) is 5.02 Å². The molecule has 0 atom stereocenters. The van der Waals surface area contributed by atoms with Gasteiger partial charge < -0.3 is 10.6 Å². The number of para-hydroxylation sites is 2. The predicted molar refractivity (Wildman–Crippen MR) is 74.4 cm³/mol. The lowest BCUT2D eigenvalue weighted by Crippen LogP contribution is -2.17. The normalized spacial score (nSPS) is 10.2. The van der Waals surface area contributed by atoms with Crippen LogP contribution in [0.5, 0.6) is 0 Å². The third kappa shape index (κ3) is 2.71. The summed E-state index contributed by atoms with van der Waals surface area (Å²) in [6.45, 7) is 0.744. The molecule has 88 valence electrons. The van der Waals surface area contributed by atoms with E-state index < -0.39 is 0 Å². The number of rotatable bonds is 3. The topological polar surface area (TPSA) is 29.3 Å². The highest BCUT2D eigenvalue weighted by molar-refractivity contribution is 6.31. The monoisotopic (exact) mass is 246 g/mol. The van der Waals surface area contributed by atoms with Gasteiger partial charge in [-0.15, -0.1) is 0 Å². The van der Waals surface area contributed by atoms with Gasteiger partial charge in [-0.1, -0.05) is 41.9 Å². The number of nitrogens with zero attached hydrogens (tertiary/aromatic N) is 1. The van der Waals surface area contributed by atoms with Crippen LogP contribution in [0.1, 0.15) is 5.56 Å². The quantitative estimate of drug-likeness (QED) is 0.840. The highest BCUT2D eigenvalue weighted by atomic mass is 35.5. The molecular formula is C14H15ClN2. The molecule has 0 unspecified atom stereocenters. The Morgan fingerprint density at radius 3 is 2.41 bits per heavy atom. The molecule has 0 spiro atoms. The van der Waals surface area contributed by atoms with Gasteiger partial charge in [-0.3, -0.25) is 0 Å². The van der Waals surface area contributed by atoms with Gasteiger partial charge in [0.15, 0.2) is 0 Å². The first-order valence-electron chi connectivity index (χ1n) is 5.47. The Balaban J connectivity index is 2.20. The summed E-state index contributed by atoms with van der Waals surface area (Å²) in [5.74, 6) is 0. The van der Waals surface area contributed by atoms with E-state index in [1.165, 1.54) is 0 Å². The summed E-state index contributed by atoms with van der Waals surface area (Å²) in [4.78, 5) is 2.09. The minimum Gasteiger partial charge on any atom is -0.397 e. The first-order valence-corrected chi connectivity index (χ1v) is 5.85. The van der Waals surface area contributed by atoms with Crippen LogP contribution in [0.25, 0.3) is 0 Å². The summed E-state index contributed by atoms with van der Waals surface area (Å²) in [5.41, 5.74) is 8.84. The van der Waals surface area contributed by atoms with Crippen LogP contribution < -0.4 is 10.6 Å². The third-order valence-corrected chi connectivity index (χ3v) is 3.08. The molecule has 17 heavy (non-hydrogen) atoms. The largest absolute Gasteiger partial charge is 0.397 e. The fraction of sp³-hybridized carbons (Fsp3) is 0.143. The second kappa shape index (κ2) is 5.11. The van der Waals surface area contributed by atoms with Crippen LogP contribution in [0, 0.1) is 0 Å². The lowest BCUT2D eigenvalue weighted by Gasteiger charge is -2.21. The van der Waals surface area contributed by atoms with Gasteiger partial charge in [0.05, 0.1) is 11.4 Å². The molecule has 2 N–H and O–H groups in total. The van der Waals surface area contributed by atoms with Crippen molar-refractivity contribution in [3.8, 4) is 0 Å². The first kappa shape index (κ1) is 11.8. The fourth-order valence-electron chi connectivity index (χ4n) is 1.80. The Morgan fingerprint density at radius 2 is 1.71 bits per heavy atom. The van der Waals surface area contributed by atoms with Crippen LogP contribution in [0.3, 0.4) is 0 Å². The Hall–Kier alpha value is -1.67. The Morgan fingerprint density at radius 1 is 1.06 bits per heavy atom. The Bertz CT molecular complexity index is 511. The van der Waals surface area contributed by atoms with Crippen molar-refractivity contribution >= 4 is 23.0 Å². The minimum absolute atomic E-state index is 0.744. The molecule has 0 aliphatic carbocycles. The van der Waals surface area contributed by atoms with E-state index in [2.05, 4.69) is 4.90 Å². The summed E-state index contributed by atoms with van der Waals surface area (Å²) in [6.07, 6.45) is 0. The number of hydrogen-bond donors (Lipinski definition) is 1. The molecule has 0 amide bonds. The number of anilines is 2. The molecule has 0 saturated carbocycles. The minimum atomic E-state index is 0.744. The van der Waals surface area contributed by atoms with E-state index in [0.717, 1.165) is 28.5 Å². The van der Waals surface area contributed by atoms with E-state index in [1.54, 1.807) is 0 Å². The number of nitrogen functional groups attached to an aromatic ring is 1. The van der Waals surface area contributed by atoms with Crippen LogP contribution >= 0.6 is 11.6 Å². The lowest BCUT2D eigenvalue weighted by molar-refractivity contribution is 0.925. The van der Waals surface area contributed by atoms with E-state index in [4.69, 9.17) is 17.3 Å². The molecule has 0 radical (unpaired) electrons. The smallest absolute Gasteiger partial charge is 0.0600 e. The van der Waals surface area contributed by atoms with Crippen LogP contribution in [0.4, 0.5) is 11.4 Å². The molecule has 2 rings (SSSR count). The van der Waals surface area contributed by atoms with Gasteiger partial charge in [-0.05, 0) is 23.8 Å². The van der Waals surface area contributed by atoms with E-state index in [-0.39, 0.29) is 0 Å². The van der Waals surface area contributed by atoms with Crippen molar-refractivity contribution in [1.82, 2.24) is 0 Å². The number of nitrogens with two attached hydrogens (primary N) is 1. The maximum atomic E-state index is 6.14. The van der Waals surface area contributed by atoms with Gasteiger partial charge in [0.2, 0.25) is 0 Å². The number of hydrogen-bond acceptors (Lipinski definition) is 2. The molecule has 0 saturated heterocycles. The van der Waals surface area contributed by atoms with Gasteiger partial charge in [0.25, 0.3) is 0 Å². The van der Waals surface area contributed by atoms with Gasteiger partial charge in [0.1, 0.15) is 0 Å². The predicted octanol–water partition coefficient (Wildman–Crippen LogP) is 3.56. The van der Waals surface area contributed by atoms with Crippen LogP contribution in [-0.4, -0.2) is 7.05 Å². The molecule has 0 aromatic heterocycles. The van der Waals surface area contributed by atoms with Crippen LogP contribution in [0.15, 0.2) is 48.5 Å². The Kier molecular flexibility index (Phi) is 3.55. The van der Waals surface area contributed by atoms with E-state index >= 15 is 0 Å². The van der Waals surface area contributed by atoms with Crippen LogP contribution in [-0.2, 0) is 6.54 Å². The van der Waals surface area contributed by atoms with Crippen molar-refractivity contribution < 1.29 is 0 Å². The molecule has 0 heterocycles. The summed E-state index contributed by atoms with van der Waals surface area (Å²) in [6, 6.07) is 15.7. The first-order chi connectivity index (χ1) is 8.18. The van der Waals surface area contributed by atoms with Crippen molar-refractivity contribution in [3.05, 3.63) is 59.1 Å². The zero-order chi connectivity index (χ0) is 12.3. The average molecular weight is 247 g/mol. The molecule has 3 heteroatoms. The number of halogens is 1. The van der Waals surface area contributed by atoms with Gasteiger partial charge >= 0.3 is 0 Å². The zero-order valence-corrected chi connectivity index (χ0v) is 10.5. The molecule has 2 aromatic carbocycles. The molecule has 2 aromatic rings. The maximum Gasteiger partial charge on any atom is 0.0600 e. The Labute approximate surface area is 107 Å². The number of benzene rings is 2. The molecule has 0 bridgehead atoms. The molecule has 0 aliphatic rings. The third-order valence-electron chi connectivity index (χ3n) is 2.71. The van der Waals surface area contributed by atoms with E-state index in [1.807, 2.05) is 55.6 Å². The lowest BCUT2D eigenvalue weighted by atomic mass is 10.2. The summed E-state index contributed by atoms with van der Waals surface area (Å²) in [7, 11) is 2.01. The zero-order valence-electron chi connectivity index (χ0n) is 9.73. The van der Waals surface area contributed by atoms with Crippen molar-refractivity contribution in [2.45, 2.75) is 6.54 Å². The van der Waals surface area contributed by atoms with Gasteiger partial charge in [0, 0.05) is 18.6 Å². The second-order valence-corrected chi connectivity index (χ2v) is 4.41.